The lowest BCUT2D eigenvalue weighted by Gasteiger charge is -2.38. The van der Waals surface area contributed by atoms with E-state index in [9.17, 15) is 33.9 Å². The predicted molar refractivity (Wildman–Crippen MR) is 386 cm³/mol. The van der Waals surface area contributed by atoms with Crippen LogP contribution in [0.4, 0.5) is 0 Å². The maximum atomic E-state index is 15.5. The summed E-state index contributed by atoms with van der Waals surface area (Å²) >= 11 is 6.51. The summed E-state index contributed by atoms with van der Waals surface area (Å²) in [5.41, 5.74) is 0.505. The molecule has 2 fully saturated rings. The van der Waals surface area contributed by atoms with Crippen molar-refractivity contribution in [2.45, 2.75) is 227 Å². The lowest BCUT2D eigenvalue weighted by Crippen LogP contribution is -2.62. The molecule has 1 aromatic carbocycles. The minimum absolute atomic E-state index is 0.0155. The van der Waals surface area contributed by atoms with E-state index in [4.69, 9.17) is 16.3 Å². The third kappa shape index (κ3) is 26.0. The minimum Gasteiger partial charge on any atom is -0.391 e. The van der Waals surface area contributed by atoms with E-state index in [1.165, 1.54) is 63.9 Å². The van der Waals surface area contributed by atoms with Crippen molar-refractivity contribution in [2.75, 3.05) is 81.6 Å². The van der Waals surface area contributed by atoms with Crippen LogP contribution in [0.15, 0.2) is 33.6 Å². The van der Waals surface area contributed by atoms with Crippen molar-refractivity contribution < 1.29 is 71.9 Å². The number of unbranched alkanes of at least 4 members (excludes halogenated alkanes) is 1. The van der Waals surface area contributed by atoms with Gasteiger partial charge in [0.25, 0.3) is 0 Å². The van der Waals surface area contributed by atoms with Crippen LogP contribution < -0.4 is 27.0 Å². The first-order valence-electron chi connectivity index (χ1n) is 36.2. The maximum absolute atomic E-state index is 15.5. The van der Waals surface area contributed by atoms with Crippen LogP contribution >= 0.6 is 11.6 Å². The molecule has 31 heteroatoms. The summed E-state index contributed by atoms with van der Waals surface area (Å²) in [6.07, 6.45) is 1.11. The Hall–Kier alpha value is -7.99. The largest absolute Gasteiger partial charge is 0.438 e. The van der Waals surface area contributed by atoms with Crippen LogP contribution in [0.25, 0.3) is 0 Å². The zero-order valence-electron chi connectivity index (χ0n) is 63.9. The second-order valence-corrected chi connectivity index (χ2v) is 30.0. The molecule has 2 aliphatic rings. The molecule has 0 unspecified atom stereocenters. The van der Waals surface area contributed by atoms with E-state index in [1.54, 1.807) is 63.8 Å². The van der Waals surface area contributed by atoms with Crippen molar-refractivity contribution in [3.63, 3.8) is 0 Å². The van der Waals surface area contributed by atoms with Crippen LogP contribution in [-0.4, -0.2) is 267 Å². The van der Waals surface area contributed by atoms with Gasteiger partial charge in [-0.25, -0.2) is 4.79 Å². The van der Waals surface area contributed by atoms with E-state index < -0.39 is 176 Å². The number of aromatic nitrogens is 2. The van der Waals surface area contributed by atoms with E-state index >= 15 is 33.6 Å². The number of amides is 12. The Morgan fingerprint density at radius 3 is 1.60 bits per heavy atom. The van der Waals surface area contributed by atoms with Crippen molar-refractivity contribution in [3.05, 3.63) is 51.2 Å². The number of piperidine rings is 1. The number of rotatable bonds is 21. The molecular formula is C72H117ClN14O16. The lowest BCUT2D eigenvalue weighted by molar-refractivity contribution is -0.151. The number of aliphatic hydroxyl groups excluding tert-OH is 1. The molecule has 0 spiro atoms. The quantitative estimate of drug-likeness (QED) is 0.105. The van der Waals surface area contributed by atoms with Crippen LogP contribution in [0.1, 0.15) is 165 Å². The Kier molecular flexibility index (Phi) is 35.2. The highest BCUT2D eigenvalue weighted by Crippen LogP contribution is 2.24. The van der Waals surface area contributed by atoms with Gasteiger partial charge in [-0.2, -0.15) is 0 Å². The summed E-state index contributed by atoms with van der Waals surface area (Å²) in [5, 5.41) is 26.6. The number of likely N-dealkylation sites (N-methyl/N-ethyl adjacent to an activating group) is 6. The molecule has 30 nitrogen and oxygen atoms in total. The average Bonchev–Trinajstić information content (AvgIpc) is 1.21. The minimum atomic E-state index is -1.69. The number of halogens is 1. The third-order valence-electron chi connectivity index (χ3n) is 19.1. The van der Waals surface area contributed by atoms with Gasteiger partial charge in [0, 0.05) is 73.4 Å². The van der Waals surface area contributed by atoms with E-state index in [0.29, 0.717) is 55.8 Å². The molecule has 0 bridgehead atoms. The Labute approximate surface area is 612 Å². The summed E-state index contributed by atoms with van der Waals surface area (Å²) in [7, 11) is 8.19. The predicted octanol–water partition coefficient (Wildman–Crippen LogP) is 2.96. The fourth-order valence-corrected chi connectivity index (χ4v) is 12.8. The fraction of sp³-hybridized carbons (Fsp3) is 0.722. The number of carbonyl (C=O) groups excluding carboxylic acids is 12. The zero-order chi connectivity index (χ0) is 77.4. The number of likely N-dealkylation sites (tertiary alicyclic amines) is 1. The molecule has 1 aromatic heterocycles. The highest BCUT2D eigenvalue weighted by atomic mass is 35.5. The van der Waals surface area contributed by atoms with Crippen molar-refractivity contribution in [2.24, 2.45) is 29.6 Å². The number of benzene rings is 1. The van der Waals surface area contributed by atoms with E-state index in [2.05, 4.69) is 35.9 Å². The first-order valence-corrected chi connectivity index (χ1v) is 36.6. The SMILES string of the molecule is CCCCN1CC(=O)N(C)[C@@H](Cc2cccc(Cl)c2)C(=O)N(C)[C@@H](CC(C)C)C(=O)N[C@@H](COCc2noc(=O)[nH]2)C(=O)N(C)[C@@H](CC(C)C)C(=O)N[C@H](C(=O)N2CCCCC2)CC(=O)N(C)CC(=O)N(C)[C@@H](CC(C)C)C(=O)N[C@@H]([C@@H](C)CC)C(=O)N(C)[C@@H](CC(C)C)C(=O)N[C@@H]([C@@H](C)O)C1=O. The van der Waals surface area contributed by atoms with E-state index in [0.717, 1.165) is 26.0 Å². The summed E-state index contributed by atoms with van der Waals surface area (Å²) in [6, 6.07) is -6.25. The van der Waals surface area contributed by atoms with Gasteiger partial charge in [0.2, 0.25) is 70.9 Å². The van der Waals surface area contributed by atoms with Crippen LogP contribution in [0.2, 0.25) is 5.02 Å². The van der Waals surface area contributed by atoms with Gasteiger partial charge >= 0.3 is 5.76 Å². The highest BCUT2D eigenvalue weighted by molar-refractivity contribution is 6.30. The summed E-state index contributed by atoms with van der Waals surface area (Å²) < 4.78 is 10.6. The van der Waals surface area contributed by atoms with Crippen molar-refractivity contribution >= 4 is 82.5 Å². The first kappa shape index (κ1) is 87.4. The van der Waals surface area contributed by atoms with Gasteiger partial charge in [-0.3, -0.25) is 67.0 Å². The van der Waals surface area contributed by atoms with Gasteiger partial charge in [0.1, 0.15) is 61.0 Å². The van der Waals surface area contributed by atoms with Crippen LogP contribution in [0, 0.1) is 29.6 Å². The van der Waals surface area contributed by atoms with E-state index in [1.807, 2.05) is 41.5 Å². The Morgan fingerprint density at radius 2 is 1.10 bits per heavy atom. The standard InChI is InChI=1S/C72H117ClN14O16/c1-19-21-28-87-39-60(91)82(15)56(36-48-26-25-27-49(73)35-48)69(98)84(17)54(33-44(7)8)64(93)75-51(40-102-41-57-76-72(101)103-79-57)67(96)83(16)53(32-43(5)6)63(92)74-50(68(97)86-29-23-22-24-30-86)37-58(89)80(13)38-59(90)81(14)52(31-42(3)4)65(94)77-61(46(11)20-2)70(99)85(18)55(34-45(9)10)66(95)78-62(47(12)88)71(87)100/h25-27,35,42-47,50-56,61-62,88H,19-24,28-34,36-41H2,1-18H3,(H,74,92)(H,75,93)(H,77,94)(H,78,95)(H,76,79,101)/t46-,47+,50-,51-,52-,53-,54-,55-,56-,61-,62-/m0/s1. The number of carbonyl (C=O) groups is 12. The highest BCUT2D eigenvalue weighted by Gasteiger charge is 2.44. The molecule has 0 aliphatic carbocycles. The molecule has 0 radical (unpaired) electrons. The normalized spacial score (nSPS) is 24.3. The molecular weight excluding hydrogens is 1350 g/mol. The monoisotopic (exact) mass is 1470 g/mol. The number of ether oxygens (including phenoxy) is 1. The Morgan fingerprint density at radius 1 is 0.602 bits per heavy atom. The molecule has 2 aliphatic heterocycles. The molecule has 6 N–H and O–H groups in total. The molecule has 11 atom stereocenters. The van der Waals surface area contributed by atoms with Crippen molar-refractivity contribution in [1.82, 2.24) is 70.6 Å². The topological polar surface area (TPSA) is 367 Å². The molecule has 4 rings (SSSR count). The zero-order valence-corrected chi connectivity index (χ0v) is 64.6. The molecule has 2 aromatic rings. The van der Waals surface area contributed by atoms with Gasteiger partial charge in [0.05, 0.1) is 32.2 Å². The molecule has 0 saturated carbocycles. The van der Waals surface area contributed by atoms with Gasteiger partial charge in [-0.1, -0.05) is 118 Å². The van der Waals surface area contributed by atoms with E-state index in [-0.39, 0.29) is 68.1 Å². The first-order chi connectivity index (χ1) is 48.3. The summed E-state index contributed by atoms with van der Waals surface area (Å²) in [6.45, 7) is 19.5. The van der Waals surface area contributed by atoms with Crippen molar-refractivity contribution in [3.8, 4) is 0 Å². The van der Waals surface area contributed by atoms with Crippen LogP contribution in [-0.2, 0) is 75.3 Å². The number of H-pyrrole nitrogens is 1. The van der Waals surface area contributed by atoms with Gasteiger partial charge < -0.3 is 70.3 Å². The smallest absolute Gasteiger partial charge is 0.391 e. The number of aromatic amines is 1. The number of nitrogens with zero attached hydrogens (tertiary/aromatic N) is 9. The molecule has 2 saturated heterocycles. The second-order valence-electron chi connectivity index (χ2n) is 29.5. The fourth-order valence-electron chi connectivity index (χ4n) is 12.6. The maximum Gasteiger partial charge on any atom is 0.438 e. The molecule has 12 amide bonds. The second kappa shape index (κ2) is 41.5. The van der Waals surface area contributed by atoms with Gasteiger partial charge in [-0.15, -0.1) is 0 Å². The number of nitrogens with one attached hydrogen (secondary N) is 5. The summed E-state index contributed by atoms with van der Waals surface area (Å²) in [4.78, 5) is 204. The number of hydrogen-bond donors (Lipinski definition) is 6. The van der Waals surface area contributed by atoms with Crippen LogP contribution in [0.3, 0.4) is 0 Å². The lowest BCUT2D eigenvalue weighted by atomic mass is 9.94. The van der Waals surface area contributed by atoms with Gasteiger partial charge in [0.15, 0.2) is 5.82 Å². The number of hydrogen-bond acceptors (Lipinski definition) is 17. The molecule has 578 valence electrons. The third-order valence-corrected chi connectivity index (χ3v) is 19.3. The van der Waals surface area contributed by atoms with Crippen LogP contribution in [0.5, 0.6) is 0 Å². The van der Waals surface area contributed by atoms with Crippen molar-refractivity contribution in [1.29, 1.82) is 0 Å². The van der Waals surface area contributed by atoms with Gasteiger partial charge in [-0.05, 0) is 106 Å². The molecule has 3 heterocycles. The Balaban J connectivity index is 2.00. The number of aliphatic hydroxyl groups is 1. The average molecular weight is 1470 g/mol. The Bertz CT molecular complexity index is 3260. The summed E-state index contributed by atoms with van der Waals surface area (Å²) in [5.74, 6) is -11.7. The molecule has 103 heavy (non-hydrogen) atoms.